The van der Waals surface area contributed by atoms with E-state index in [1.54, 1.807) is 39.2 Å². The second-order valence-corrected chi connectivity index (χ2v) is 34.4. The number of amides is 4. The molecule has 11 rings (SSSR count). The Hall–Kier alpha value is -6.18. The number of carbonyl (C=O) groups excluding carboxylic acids is 4. The maximum absolute atomic E-state index is 14.3. The van der Waals surface area contributed by atoms with Gasteiger partial charge in [0.25, 0.3) is 11.8 Å². The largest absolute Gasteiger partial charge is 0.500 e. The first-order valence-corrected chi connectivity index (χ1v) is 39.4. The number of benzene rings is 3. The molecule has 6 saturated carbocycles. The molecule has 106 heavy (non-hydrogen) atoms. The van der Waals surface area contributed by atoms with Crippen molar-refractivity contribution in [2.75, 3.05) is 106 Å². The highest BCUT2D eigenvalue weighted by Gasteiger charge is 2.59. The van der Waals surface area contributed by atoms with Gasteiger partial charge in [0.2, 0.25) is 11.8 Å². The summed E-state index contributed by atoms with van der Waals surface area (Å²) in [5.41, 5.74) is 13.5. The fourth-order valence-electron chi connectivity index (χ4n) is 18.7. The average molecular weight is 1480 g/mol. The number of hydrogen-bond acceptors (Lipinski definition) is 18. The number of ether oxygens (including phenoxy) is 2. The first-order chi connectivity index (χ1) is 50.0. The van der Waals surface area contributed by atoms with Gasteiger partial charge >= 0.3 is 0 Å². The highest BCUT2D eigenvalue weighted by molar-refractivity contribution is 5.97. The number of rotatable bonds is 35. The third kappa shape index (κ3) is 20.8. The number of nitrogens with zero attached hydrogens (tertiary/aromatic N) is 5. The molecule has 0 aromatic heterocycles. The molecule has 1 saturated heterocycles. The summed E-state index contributed by atoms with van der Waals surface area (Å²) in [4.78, 5) is 74.4. The van der Waals surface area contributed by atoms with Gasteiger partial charge in [0, 0.05) is 108 Å². The Bertz CT molecular complexity index is 3460. The van der Waals surface area contributed by atoms with Crippen LogP contribution in [-0.2, 0) is 30.5 Å². The van der Waals surface area contributed by atoms with Crippen molar-refractivity contribution in [1.29, 1.82) is 0 Å². The van der Waals surface area contributed by atoms with Crippen LogP contribution in [0.1, 0.15) is 186 Å². The molecule has 22 heteroatoms. The van der Waals surface area contributed by atoms with E-state index in [0.717, 1.165) is 85.6 Å². The van der Waals surface area contributed by atoms with Crippen LogP contribution in [0.4, 0.5) is 11.4 Å². The van der Waals surface area contributed by atoms with Crippen LogP contribution in [0.25, 0.3) is 11.1 Å². The minimum Gasteiger partial charge on any atom is -0.500 e. The molecule has 3 aromatic rings. The normalized spacial score (nSPS) is 26.5. The number of fused-ring (bicyclic) bond motifs is 4. The van der Waals surface area contributed by atoms with Crippen molar-refractivity contribution in [3.8, 4) is 16.9 Å². The van der Waals surface area contributed by atoms with Gasteiger partial charge in [-0.2, -0.15) is 10.1 Å². The lowest BCUT2D eigenvalue weighted by molar-refractivity contribution is -0.219. The molecule has 4 bridgehead atoms. The van der Waals surface area contributed by atoms with Crippen molar-refractivity contribution < 1.29 is 58.8 Å². The summed E-state index contributed by atoms with van der Waals surface area (Å²) >= 11 is 0. The van der Waals surface area contributed by atoms with Crippen molar-refractivity contribution in [2.24, 2.45) is 64.1 Å². The zero-order chi connectivity index (χ0) is 78.0. The molecule has 0 radical (unpaired) electrons. The lowest BCUT2D eigenvalue weighted by Crippen LogP contribution is -2.62. The van der Waals surface area contributed by atoms with Crippen LogP contribution in [0, 0.1) is 64.1 Å². The maximum atomic E-state index is 14.3. The van der Waals surface area contributed by atoms with Gasteiger partial charge in [-0.25, -0.2) is 0 Å². The quantitative estimate of drug-likeness (QED) is 0.0196. The Morgan fingerprint density at radius 2 is 1.31 bits per heavy atom. The average Bonchev–Trinajstić information content (AvgIpc) is 0.750. The zero-order valence-electron chi connectivity index (χ0n) is 67.7. The molecular formula is C84H134N10O12. The van der Waals surface area contributed by atoms with E-state index in [9.17, 15) is 39.6 Å². The number of carbonyl (C=O) groups is 4. The molecule has 592 valence electrons. The molecule has 22 nitrogen and oxygen atoms in total. The summed E-state index contributed by atoms with van der Waals surface area (Å²) in [5, 5.41) is 57.9. The number of likely N-dealkylation sites (N-methyl/N-ethyl adjacent to an activating group) is 2. The van der Waals surface area contributed by atoms with E-state index in [0.29, 0.717) is 87.3 Å². The number of methoxy groups -OCH3 is 2. The highest BCUT2D eigenvalue weighted by Crippen LogP contribution is 2.62. The molecule has 10 N–H and O–H groups in total. The van der Waals surface area contributed by atoms with E-state index in [1.165, 1.54) is 17.9 Å². The molecule has 7 fully saturated rings. The van der Waals surface area contributed by atoms with Crippen molar-refractivity contribution >= 4 is 35.0 Å². The molecule has 1 aliphatic heterocycles. The summed E-state index contributed by atoms with van der Waals surface area (Å²) in [6.07, 6.45) is 8.03. The fourth-order valence-corrected chi connectivity index (χ4v) is 18.7. The number of allylic oxidation sites excluding steroid dienone is 2. The Labute approximate surface area is 634 Å². The lowest BCUT2D eigenvalue weighted by atomic mass is 9.45. The number of hydrogen-bond donors (Lipinski definition) is 9. The minimum absolute atomic E-state index is 0.0133. The summed E-state index contributed by atoms with van der Waals surface area (Å²) in [6.45, 7) is 32.8. The van der Waals surface area contributed by atoms with Crippen molar-refractivity contribution in [1.82, 2.24) is 41.2 Å². The van der Waals surface area contributed by atoms with E-state index in [4.69, 9.17) is 24.9 Å². The number of aliphatic hydroxyl groups excluding tert-OH is 4. The topological polar surface area (TPSA) is 276 Å². The smallest absolute Gasteiger partial charge is 0.251 e. The Balaban J connectivity index is 0.000000269. The van der Waals surface area contributed by atoms with Crippen LogP contribution in [0.3, 0.4) is 0 Å². The first kappa shape index (κ1) is 85.4. The molecule has 0 spiro atoms. The van der Waals surface area contributed by atoms with Gasteiger partial charge in [-0.15, -0.1) is 0 Å². The second-order valence-electron chi connectivity index (χ2n) is 34.4. The van der Waals surface area contributed by atoms with Gasteiger partial charge in [0.05, 0.1) is 52.7 Å². The fraction of sp³-hybridized carbons (Fsp3) is 0.690. The van der Waals surface area contributed by atoms with Gasteiger partial charge in [-0.3, -0.25) is 28.9 Å². The van der Waals surface area contributed by atoms with E-state index < -0.39 is 36.4 Å². The van der Waals surface area contributed by atoms with Crippen molar-refractivity contribution in [2.45, 2.75) is 215 Å². The Kier molecular flexibility index (Phi) is 30.2. The van der Waals surface area contributed by atoms with E-state index in [1.807, 2.05) is 76.7 Å². The Morgan fingerprint density at radius 3 is 1.80 bits per heavy atom. The molecular weight excluding hydrogens is 1340 g/mol. The van der Waals surface area contributed by atoms with Crippen LogP contribution in [0.2, 0.25) is 0 Å². The number of nitrogens with two attached hydrogens (primary N) is 1. The molecule has 3 aromatic carbocycles. The summed E-state index contributed by atoms with van der Waals surface area (Å²) in [6, 6.07) is 16.5. The minimum atomic E-state index is -0.884. The van der Waals surface area contributed by atoms with E-state index >= 15 is 0 Å². The van der Waals surface area contributed by atoms with E-state index in [2.05, 4.69) is 131 Å². The summed E-state index contributed by atoms with van der Waals surface area (Å²) in [7, 11) is 11.3. The highest BCUT2D eigenvalue weighted by atomic mass is 16.7. The van der Waals surface area contributed by atoms with Crippen molar-refractivity contribution in [3.63, 3.8) is 0 Å². The summed E-state index contributed by atoms with van der Waals surface area (Å²) < 4.78 is 12.2. The summed E-state index contributed by atoms with van der Waals surface area (Å²) in [5.74, 6) is 3.76. The van der Waals surface area contributed by atoms with Crippen molar-refractivity contribution in [3.05, 3.63) is 100 Å². The monoisotopic (exact) mass is 1480 g/mol. The lowest BCUT2D eigenvalue weighted by Gasteiger charge is -2.62. The molecule has 4 amide bonds. The molecule has 1 unspecified atom stereocenters. The number of anilines is 2. The predicted molar refractivity (Wildman–Crippen MR) is 420 cm³/mol. The third-order valence-corrected chi connectivity index (χ3v) is 24.3. The predicted octanol–water partition coefficient (Wildman–Crippen LogP) is 10.0. The van der Waals surface area contributed by atoms with Crippen LogP contribution < -0.4 is 36.6 Å². The SMILES string of the molecule is CCN(CC)c1cc(C(=O)N[C@@H](CC(C)C)CN(C)C)cc(C2CC=CC(CN3O[C@@H](CO)[C@@H]([C@H](C)O)[C@H]3C(=O)N[C@H]3C[C@H]4C[C@@H]([C@@H]3C)C4(C)C)=C2OC)c1.COc1c(CN(CC(=O)N[C@H]2C[C@H]3C[C@@H]([C@@H]2C)C3(C)C)O[C@@H](CO)C[C@H](C)O)cccc1-c1cc(N)cc(C(=O)N[C@@H](CC(C)C)CN(C)C)c1. The molecule has 1 heterocycles. The van der Waals surface area contributed by atoms with Crippen LogP contribution >= 0.6 is 0 Å². The van der Waals surface area contributed by atoms with Gasteiger partial charge in [-0.1, -0.05) is 99.6 Å². The number of para-hydroxylation sites is 1. The second kappa shape index (κ2) is 37.5. The number of nitrogens with one attached hydrogen (secondary N) is 4. The standard InChI is InChI=1S/C44H71N5O6.C40H63N5O6/c1-12-48(13-2)34-19-30(18-31(20-34)42(52)45-33(17-26(3)4)24-47(9)10)35-16-14-15-29(41(35)54-11)23-49-40(39(28(6)51)38(25-50)55-49)43(53)46-37-22-32-21-36(27(37)5)44(32,7)8;1-24(2)13-32(21-44(7)8)42-39(49)29-15-28(16-31(41)17-29)34-12-10-11-27(38(34)50-9)20-45(51-33(23-46)14-25(3)47)22-37(48)43-36-19-30-18-35(26(36)4)40(30,5)6/h14-15,18-20,26-28,32-33,35-40,50-51H,12-13,16-17,21-25H2,1-11H3,(H,45,52)(H,46,53);10-12,15-17,24-26,30,32-33,35-36,46-47H,13-14,18-23,41H2,1-9H3,(H,42,49)(H,43,48)/t27-,28-,32+,33-,35?,36-,37-,38-,39+,40-;25-,26-,30+,32-,33+,35-,36-/m00/s1. The van der Waals surface area contributed by atoms with Gasteiger partial charge in [0.1, 0.15) is 36.3 Å². The third-order valence-electron chi connectivity index (χ3n) is 24.3. The molecule has 8 aliphatic rings. The number of aliphatic hydroxyl groups is 4. The molecule has 17 atom stereocenters. The molecule has 7 aliphatic carbocycles. The number of nitrogen functional groups attached to an aromatic ring is 1. The van der Waals surface area contributed by atoms with Crippen LogP contribution in [-0.4, -0.2) is 213 Å². The maximum Gasteiger partial charge on any atom is 0.251 e. The van der Waals surface area contributed by atoms with Gasteiger partial charge in [0.15, 0.2) is 0 Å². The Morgan fingerprint density at radius 1 is 0.736 bits per heavy atom. The zero-order valence-corrected chi connectivity index (χ0v) is 67.7. The van der Waals surface area contributed by atoms with Crippen LogP contribution in [0.15, 0.2) is 78.1 Å². The van der Waals surface area contributed by atoms with Crippen LogP contribution in [0.5, 0.6) is 5.75 Å². The van der Waals surface area contributed by atoms with Gasteiger partial charge in [-0.05, 0) is 207 Å². The van der Waals surface area contributed by atoms with Gasteiger partial charge < -0.3 is 71.6 Å². The van der Waals surface area contributed by atoms with E-state index in [-0.39, 0.29) is 98.4 Å². The number of hydroxylamine groups is 4. The first-order valence-electron chi connectivity index (χ1n) is 39.4.